The summed E-state index contributed by atoms with van der Waals surface area (Å²) in [4.78, 5) is 17.1. The zero-order valence-electron chi connectivity index (χ0n) is 16.4. The summed E-state index contributed by atoms with van der Waals surface area (Å²) in [7, 11) is 0. The van der Waals surface area contributed by atoms with Gasteiger partial charge in [0.25, 0.3) is 0 Å². The molecule has 0 aliphatic heterocycles. The van der Waals surface area contributed by atoms with E-state index in [4.69, 9.17) is 0 Å². The summed E-state index contributed by atoms with van der Waals surface area (Å²) >= 11 is 0. The Hall–Kier alpha value is -3.60. The van der Waals surface area contributed by atoms with Gasteiger partial charge in [-0.25, -0.2) is 9.78 Å². The second-order valence-corrected chi connectivity index (χ2v) is 7.10. The molecule has 29 heavy (non-hydrogen) atoms. The van der Waals surface area contributed by atoms with Crippen LogP contribution in [-0.4, -0.2) is 22.0 Å². The second kappa shape index (κ2) is 8.61. The first-order chi connectivity index (χ1) is 14.2. The number of benzene rings is 2. The number of urea groups is 1. The highest BCUT2D eigenvalue weighted by atomic mass is 16.2. The van der Waals surface area contributed by atoms with E-state index in [9.17, 15) is 4.79 Å². The second-order valence-electron chi connectivity index (χ2n) is 7.10. The molecule has 0 spiro atoms. The largest absolute Gasteiger partial charge is 0.338 e. The van der Waals surface area contributed by atoms with Crippen molar-refractivity contribution in [3.63, 3.8) is 0 Å². The molecule has 0 saturated heterocycles. The maximum atomic E-state index is 12.6. The topological polar surface area (TPSA) is 58.4 Å². The van der Waals surface area contributed by atoms with Gasteiger partial charge in [-0.15, -0.1) is 0 Å². The monoisotopic (exact) mass is 384 g/mol. The van der Waals surface area contributed by atoms with Crippen molar-refractivity contribution < 1.29 is 4.79 Å². The van der Waals surface area contributed by atoms with Crippen molar-refractivity contribution in [2.24, 2.45) is 0 Å². The number of amides is 2. The molecule has 4 aromatic rings. The summed E-state index contributed by atoms with van der Waals surface area (Å²) in [6.07, 6.45) is 4.64. The van der Waals surface area contributed by atoms with Crippen LogP contribution in [0.25, 0.3) is 5.65 Å². The number of fused-ring (bicyclic) bond motifs is 1. The van der Waals surface area contributed by atoms with Crippen LogP contribution in [0.5, 0.6) is 0 Å². The third-order valence-electron chi connectivity index (χ3n) is 4.90. The van der Waals surface area contributed by atoms with Gasteiger partial charge in [0.05, 0.1) is 11.7 Å². The van der Waals surface area contributed by atoms with E-state index < -0.39 is 0 Å². The maximum Gasteiger partial charge on any atom is 0.315 e. The molecule has 2 heterocycles. The summed E-state index contributed by atoms with van der Waals surface area (Å²) in [5.74, 6) is 0. The van der Waals surface area contributed by atoms with Gasteiger partial charge in [-0.2, -0.15) is 0 Å². The molecular formula is C24H24N4O. The Labute approximate surface area is 170 Å². The zero-order valence-corrected chi connectivity index (χ0v) is 16.4. The van der Waals surface area contributed by atoms with Crippen LogP contribution in [-0.2, 0) is 6.42 Å². The normalized spacial score (nSPS) is 11.9. The number of carbonyl (C=O) groups excluding carboxylic acids is 1. The molecule has 0 bridgehead atoms. The maximum absolute atomic E-state index is 12.6. The Morgan fingerprint density at radius 1 is 0.966 bits per heavy atom. The Bertz CT molecular complexity index is 1050. The van der Waals surface area contributed by atoms with Crippen LogP contribution in [0.1, 0.15) is 28.4 Å². The van der Waals surface area contributed by atoms with E-state index >= 15 is 0 Å². The van der Waals surface area contributed by atoms with Crippen LogP contribution >= 0.6 is 0 Å². The van der Waals surface area contributed by atoms with Crippen LogP contribution in [0.2, 0.25) is 0 Å². The lowest BCUT2D eigenvalue weighted by molar-refractivity contribution is 0.239. The van der Waals surface area contributed by atoms with E-state index in [1.165, 1.54) is 5.56 Å². The first-order valence-corrected chi connectivity index (χ1v) is 9.77. The number of carbonyl (C=O) groups is 1. The molecule has 1 unspecified atom stereocenters. The molecule has 0 aliphatic rings. The Kier molecular flexibility index (Phi) is 5.56. The quantitative estimate of drug-likeness (QED) is 0.521. The van der Waals surface area contributed by atoms with Gasteiger partial charge in [0.2, 0.25) is 0 Å². The Morgan fingerprint density at radius 2 is 1.69 bits per heavy atom. The molecule has 1 atom stereocenters. The zero-order chi connectivity index (χ0) is 20.1. The number of nitrogens with zero attached hydrogens (tertiary/aromatic N) is 2. The lowest BCUT2D eigenvalue weighted by Crippen LogP contribution is -2.39. The highest BCUT2D eigenvalue weighted by Gasteiger charge is 2.16. The summed E-state index contributed by atoms with van der Waals surface area (Å²) in [5, 5.41) is 6.06. The standard InChI is InChI=1S/C24H24N4O/c1-18-10-12-20(13-11-18)23(19-7-3-2-4-8-19)27-24(29)25-15-14-21-17-28-16-6-5-9-22(28)26-21/h2-13,16-17,23H,14-15H2,1H3,(H2,25,27,29). The van der Waals surface area contributed by atoms with Crippen LogP contribution in [0, 0.1) is 6.92 Å². The number of imidazole rings is 1. The summed E-state index contributed by atoms with van der Waals surface area (Å²) < 4.78 is 1.98. The van der Waals surface area contributed by atoms with Gasteiger partial charge < -0.3 is 15.0 Å². The minimum absolute atomic E-state index is 0.191. The van der Waals surface area contributed by atoms with Crippen molar-refractivity contribution in [2.45, 2.75) is 19.4 Å². The summed E-state index contributed by atoms with van der Waals surface area (Å²) in [6, 6.07) is 23.8. The SMILES string of the molecule is Cc1ccc(C(NC(=O)NCCc2cn3ccccc3n2)c2ccccc2)cc1. The van der Waals surface area contributed by atoms with Gasteiger partial charge >= 0.3 is 6.03 Å². The summed E-state index contributed by atoms with van der Waals surface area (Å²) in [6.45, 7) is 2.58. The highest BCUT2D eigenvalue weighted by molar-refractivity contribution is 5.75. The van der Waals surface area contributed by atoms with Crippen LogP contribution in [0.15, 0.2) is 85.2 Å². The van der Waals surface area contributed by atoms with Crippen molar-refractivity contribution in [3.05, 3.63) is 108 Å². The van der Waals surface area contributed by atoms with E-state index in [0.29, 0.717) is 13.0 Å². The van der Waals surface area contributed by atoms with Gasteiger partial charge in [-0.05, 0) is 30.2 Å². The third-order valence-corrected chi connectivity index (χ3v) is 4.90. The van der Waals surface area contributed by atoms with Gasteiger partial charge in [-0.3, -0.25) is 0 Å². The highest BCUT2D eigenvalue weighted by Crippen LogP contribution is 2.22. The predicted molar refractivity (Wildman–Crippen MR) is 115 cm³/mol. The Morgan fingerprint density at radius 3 is 2.45 bits per heavy atom. The van der Waals surface area contributed by atoms with E-state index in [-0.39, 0.29) is 12.1 Å². The van der Waals surface area contributed by atoms with Gasteiger partial charge in [-0.1, -0.05) is 66.2 Å². The fourth-order valence-electron chi connectivity index (χ4n) is 3.36. The van der Waals surface area contributed by atoms with Crippen LogP contribution in [0.4, 0.5) is 4.79 Å². The van der Waals surface area contributed by atoms with Crippen molar-refractivity contribution in [3.8, 4) is 0 Å². The molecule has 4 rings (SSSR count). The van der Waals surface area contributed by atoms with Crippen molar-refractivity contribution in [2.75, 3.05) is 6.54 Å². The number of hydrogen-bond donors (Lipinski definition) is 2. The molecule has 2 amide bonds. The van der Waals surface area contributed by atoms with E-state index in [1.807, 2.05) is 65.3 Å². The molecule has 5 nitrogen and oxygen atoms in total. The summed E-state index contributed by atoms with van der Waals surface area (Å²) in [5.41, 5.74) is 5.16. The molecule has 0 saturated carbocycles. The molecule has 0 fully saturated rings. The van der Waals surface area contributed by atoms with Gasteiger partial charge in [0.15, 0.2) is 0 Å². The smallest absolute Gasteiger partial charge is 0.315 e. The fraction of sp³-hybridized carbons (Fsp3) is 0.167. The number of pyridine rings is 1. The van der Waals surface area contributed by atoms with E-state index in [2.05, 4.69) is 46.8 Å². The minimum Gasteiger partial charge on any atom is -0.338 e. The van der Waals surface area contributed by atoms with Crippen molar-refractivity contribution in [1.82, 2.24) is 20.0 Å². The van der Waals surface area contributed by atoms with E-state index in [0.717, 1.165) is 22.5 Å². The average Bonchev–Trinajstić information content (AvgIpc) is 3.16. The molecule has 2 N–H and O–H groups in total. The molecular weight excluding hydrogens is 360 g/mol. The Balaban J connectivity index is 1.40. The number of hydrogen-bond acceptors (Lipinski definition) is 2. The number of aryl methyl sites for hydroxylation is 1. The van der Waals surface area contributed by atoms with Crippen LogP contribution in [0.3, 0.4) is 0 Å². The van der Waals surface area contributed by atoms with Crippen molar-refractivity contribution in [1.29, 1.82) is 0 Å². The van der Waals surface area contributed by atoms with E-state index in [1.54, 1.807) is 0 Å². The molecule has 2 aromatic heterocycles. The molecule has 0 radical (unpaired) electrons. The third kappa shape index (κ3) is 4.63. The number of aromatic nitrogens is 2. The molecule has 0 aliphatic carbocycles. The first kappa shape index (κ1) is 18.7. The number of nitrogens with one attached hydrogen (secondary N) is 2. The molecule has 146 valence electrons. The lowest BCUT2D eigenvalue weighted by Gasteiger charge is -2.20. The average molecular weight is 384 g/mol. The van der Waals surface area contributed by atoms with Gasteiger partial charge in [0.1, 0.15) is 5.65 Å². The number of rotatable bonds is 6. The van der Waals surface area contributed by atoms with Gasteiger partial charge in [0, 0.05) is 25.4 Å². The first-order valence-electron chi connectivity index (χ1n) is 9.77. The lowest BCUT2D eigenvalue weighted by atomic mass is 9.98. The minimum atomic E-state index is -0.202. The fourth-order valence-corrected chi connectivity index (χ4v) is 3.36. The molecule has 5 heteroatoms. The van der Waals surface area contributed by atoms with Crippen molar-refractivity contribution >= 4 is 11.7 Å². The van der Waals surface area contributed by atoms with Crippen LogP contribution < -0.4 is 10.6 Å². The predicted octanol–water partition coefficient (Wildman–Crippen LogP) is 4.27. The molecule has 2 aromatic carbocycles.